The first-order chi connectivity index (χ1) is 10.3. The predicted molar refractivity (Wildman–Crippen MR) is 80.3 cm³/mol. The summed E-state index contributed by atoms with van der Waals surface area (Å²) in [6, 6.07) is 11.3. The molecule has 5 nitrogen and oxygen atoms in total. The Morgan fingerprint density at radius 3 is 2.36 bits per heavy atom. The fourth-order valence-corrected chi connectivity index (χ4v) is 2.99. The number of benzene rings is 2. The molecule has 2 aromatic rings. The van der Waals surface area contributed by atoms with Crippen LogP contribution >= 0.6 is 11.6 Å². The van der Waals surface area contributed by atoms with Crippen molar-refractivity contribution in [2.45, 2.75) is 4.90 Å². The van der Waals surface area contributed by atoms with Crippen LogP contribution in [0, 0.1) is 5.82 Å². The van der Waals surface area contributed by atoms with Gasteiger partial charge in [-0.25, -0.2) is 12.8 Å². The lowest BCUT2D eigenvalue weighted by molar-refractivity contribution is 0.0889. The minimum atomic E-state index is -3.93. The monoisotopic (exact) mass is 342 g/mol. The normalized spacial score (nSPS) is 11.5. The highest BCUT2D eigenvalue weighted by Gasteiger charge is 2.24. The fraction of sp³-hybridized carbons (Fsp3) is 0.0714. The van der Waals surface area contributed by atoms with Crippen molar-refractivity contribution in [2.24, 2.45) is 0 Å². The molecule has 2 aromatic carbocycles. The van der Waals surface area contributed by atoms with Gasteiger partial charge in [0.15, 0.2) is 0 Å². The number of hydrogen-bond acceptors (Lipinski definition) is 3. The van der Waals surface area contributed by atoms with Gasteiger partial charge in [0.25, 0.3) is 15.9 Å². The van der Waals surface area contributed by atoms with Gasteiger partial charge >= 0.3 is 0 Å². The zero-order valence-electron chi connectivity index (χ0n) is 11.5. The smallest absolute Gasteiger partial charge is 0.270 e. The molecule has 0 saturated carbocycles. The zero-order valence-corrected chi connectivity index (χ0v) is 13.0. The molecule has 0 aliphatic rings. The van der Waals surface area contributed by atoms with Gasteiger partial charge in [-0.1, -0.05) is 35.9 Å². The van der Waals surface area contributed by atoms with Crippen LogP contribution in [0.1, 0.15) is 10.4 Å². The van der Waals surface area contributed by atoms with Crippen LogP contribution in [-0.4, -0.2) is 25.8 Å². The summed E-state index contributed by atoms with van der Waals surface area (Å²) in [7, 11) is -2.78. The molecule has 8 heteroatoms. The molecular formula is C14H12ClFN2O3S. The predicted octanol–water partition coefficient (Wildman–Crippen LogP) is 2.44. The zero-order chi connectivity index (χ0) is 16.3. The number of hydrazine groups is 1. The van der Waals surface area contributed by atoms with Gasteiger partial charge in [-0.2, -0.15) is 0 Å². The summed E-state index contributed by atoms with van der Waals surface area (Å²) >= 11 is 5.77. The molecule has 0 aliphatic heterocycles. The maximum atomic E-state index is 13.7. The van der Waals surface area contributed by atoms with Gasteiger partial charge in [0.05, 0.1) is 15.5 Å². The summed E-state index contributed by atoms with van der Waals surface area (Å²) in [5.74, 6) is -1.79. The average Bonchev–Trinajstić information content (AvgIpc) is 2.47. The molecule has 0 radical (unpaired) electrons. The van der Waals surface area contributed by atoms with E-state index in [1.165, 1.54) is 24.3 Å². The summed E-state index contributed by atoms with van der Waals surface area (Å²) in [6.07, 6.45) is 0. The van der Waals surface area contributed by atoms with E-state index < -0.39 is 27.3 Å². The maximum absolute atomic E-state index is 13.7. The third-order valence-electron chi connectivity index (χ3n) is 2.85. The number of halogens is 2. The average molecular weight is 343 g/mol. The fourth-order valence-electron chi connectivity index (χ4n) is 1.72. The molecule has 116 valence electrons. The van der Waals surface area contributed by atoms with Crippen LogP contribution in [0.2, 0.25) is 5.02 Å². The highest BCUT2D eigenvalue weighted by molar-refractivity contribution is 7.89. The first kappa shape index (κ1) is 16.4. The molecule has 0 fully saturated rings. The van der Waals surface area contributed by atoms with Crippen LogP contribution < -0.4 is 5.43 Å². The number of nitrogens with zero attached hydrogens (tertiary/aromatic N) is 1. The SMILES string of the molecule is CN(NC(=O)c1c(F)cccc1Cl)S(=O)(=O)c1ccccc1. The lowest BCUT2D eigenvalue weighted by atomic mass is 10.2. The Balaban J connectivity index is 2.26. The molecule has 0 heterocycles. The Morgan fingerprint density at radius 2 is 1.77 bits per heavy atom. The van der Waals surface area contributed by atoms with E-state index in [1.54, 1.807) is 18.2 Å². The van der Waals surface area contributed by atoms with E-state index in [9.17, 15) is 17.6 Å². The van der Waals surface area contributed by atoms with Crippen molar-refractivity contribution in [3.63, 3.8) is 0 Å². The minimum absolute atomic E-state index is 0.00238. The van der Waals surface area contributed by atoms with Crippen LogP contribution in [0.3, 0.4) is 0 Å². The third-order valence-corrected chi connectivity index (χ3v) is 4.85. The summed E-state index contributed by atoms with van der Waals surface area (Å²) in [5.41, 5.74) is 1.68. The molecule has 0 bridgehead atoms. The number of hydrogen-bond donors (Lipinski definition) is 1. The third kappa shape index (κ3) is 3.27. The molecule has 22 heavy (non-hydrogen) atoms. The van der Waals surface area contributed by atoms with E-state index in [1.807, 2.05) is 0 Å². The standard InChI is InChI=1S/C14H12ClFN2O3S/c1-18(22(20,21)10-6-3-2-4-7-10)17-14(19)13-11(15)8-5-9-12(13)16/h2-9H,1H3,(H,17,19). The van der Waals surface area contributed by atoms with E-state index in [4.69, 9.17) is 11.6 Å². The van der Waals surface area contributed by atoms with E-state index in [2.05, 4.69) is 5.43 Å². The first-order valence-corrected chi connectivity index (χ1v) is 7.95. The van der Waals surface area contributed by atoms with Gasteiger partial charge in [0.2, 0.25) is 0 Å². The number of amides is 1. The van der Waals surface area contributed by atoms with E-state index in [-0.39, 0.29) is 9.92 Å². The summed E-state index contributed by atoms with van der Waals surface area (Å²) < 4.78 is 38.8. The van der Waals surface area contributed by atoms with Gasteiger partial charge in [-0.05, 0) is 24.3 Å². The summed E-state index contributed by atoms with van der Waals surface area (Å²) in [5, 5.41) is -0.108. The summed E-state index contributed by atoms with van der Waals surface area (Å²) in [4.78, 5) is 12.0. The van der Waals surface area contributed by atoms with Gasteiger partial charge < -0.3 is 0 Å². The van der Waals surface area contributed by atoms with Gasteiger partial charge in [0, 0.05) is 7.05 Å². The molecule has 0 aliphatic carbocycles. The minimum Gasteiger partial charge on any atom is -0.271 e. The van der Waals surface area contributed by atoms with Crippen molar-refractivity contribution >= 4 is 27.5 Å². The lowest BCUT2D eigenvalue weighted by Gasteiger charge is -2.18. The van der Waals surface area contributed by atoms with Crippen molar-refractivity contribution in [3.05, 3.63) is 64.9 Å². The van der Waals surface area contributed by atoms with E-state index in [0.717, 1.165) is 13.1 Å². The van der Waals surface area contributed by atoms with Gasteiger partial charge in [0.1, 0.15) is 5.82 Å². The van der Waals surface area contributed by atoms with Crippen molar-refractivity contribution in [1.29, 1.82) is 0 Å². The lowest BCUT2D eigenvalue weighted by Crippen LogP contribution is -2.43. The number of carbonyl (C=O) groups is 1. The highest BCUT2D eigenvalue weighted by atomic mass is 35.5. The van der Waals surface area contributed by atoms with E-state index in [0.29, 0.717) is 4.41 Å². The first-order valence-electron chi connectivity index (χ1n) is 6.13. The van der Waals surface area contributed by atoms with Crippen molar-refractivity contribution in [3.8, 4) is 0 Å². The molecule has 0 saturated heterocycles. The molecule has 0 unspecified atom stereocenters. The number of nitrogens with one attached hydrogen (secondary N) is 1. The Morgan fingerprint density at radius 1 is 1.14 bits per heavy atom. The molecule has 1 amide bonds. The molecule has 0 aromatic heterocycles. The largest absolute Gasteiger partial charge is 0.271 e. The second-order valence-corrected chi connectivity index (χ2v) is 6.70. The highest BCUT2D eigenvalue weighted by Crippen LogP contribution is 2.19. The molecule has 0 atom stereocenters. The Kier molecular flexibility index (Phi) is 4.80. The molecule has 2 rings (SSSR count). The number of carbonyl (C=O) groups excluding carboxylic acids is 1. The number of rotatable bonds is 4. The van der Waals surface area contributed by atoms with E-state index >= 15 is 0 Å². The quantitative estimate of drug-likeness (QED) is 0.868. The van der Waals surface area contributed by atoms with Crippen molar-refractivity contribution in [1.82, 2.24) is 9.84 Å². The Bertz CT molecular complexity index is 777. The molecule has 0 spiro atoms. The Labute approximate surface area is 132 Å². The van der Waals surface area contributed by atoms with Crippen LogP contribution in [0.15, 0.2) is 53.4 Å². The molecular weight excluding hydrogens is 331 g/mol. The topological polar surface area (TPSA) is 66.5 Å². The maximum Gasteiger partial charge on any atom is 0.270 e. The molecule has 1 N–H and O–H groups in total. The van der Waals surface area contributed by atoms with Gasteiger partial charge in [-0.3, -0.25) is 10.2 Å². The van der Waals surface area contributed by atoms with Crippen LogP contribution in [-0.2, 0) is 10.0 Å². The second-order valence-electron chi connectivity index (χ2n) is 4.32. The van der Waals surface area contributed by atoms with Crippen molar-refractivity contribution in [2.75, 3.05) is 7.05 Å². The number of sulfonamides is 1. The summed E-state index contributed by atoms with van der Waals surface area (Å²) in [6.45, 7) is 0. The second kappa shape index (κ2) is 6.43. The van der Waals surface area contributed by atoms with Crippen LogP contribution in [0.4, 0.5) is 4.39 Å². The van der Waals surface area contributed by atoms with Crippen LogP contribution in [0.25, 0.3) is 0 Å². The van der Waals surface area contributed by atoms with Gasteiger partial charge in [-0.15, -0.1) is 4.41 Å². The Hall–Kier alpha value is -1.96. The van der Waals surface area contributed by atoms with Crippen LogP contribution in [0.5, 0.6) is 0 Å². The van der Waals surface area contributed by atoms with Crippen molar-refractivity contribution < 1.29 is 17.6 Å².